The van der Waals surface area contributed by atoms with E-state index in [1.54, 1.807) is 82.6 Å². The van der Waals surface area contributed by atoms with Crippen molar-refractivity contribution >= 4 is 88.0 Å². The Morgan fingerprint density at radius 3 is 1.18 bits per heavy atom. The molecule has 0 aromatic heterocycles. The molecular formula is C72H46F2N2. The van der Waals surface area contributed by atoms with Gasteiger partial charge in [-0.2, -0.15) is 0 Å². The first-order valence-corrected chi connectivity index (χ1v) is 24.1. The number of nitrogens with zero attached hydrogens (tertiary/aromatic N) is 2. The molecule has 14 rings (SSSR count). The van der Waals surface area contributed by atoms with Crippen molar-refractivity contribution in [3.8, 4) is 44.5 Å². The molecule has 0 spiro atoms. The van der Waals surface area contributed by atoms with Gasteiger partial charge in [0.25, 0.3) is 0 Å². The third kappa shape index (κ3) is 7.53. The average molecular weight is 997 g/mol. The van der Waals surface area contributed by atoms with Gasteiger partial charge in [0.1, 0.15) is 11.6 Å². The second kappa shape index (κ2) is 18.5. The highest BCUT2D eigenvalue weighted by molar-refractivity contribution is 6.29. The maximum absolute atomic E-state index is 18.9. The van der Waals surface area contributed by atoms with Crippen LogP contribution in [0.4, 0.5) is 42.9 Å². The van der Waals surface area contributed by atoms with Gasteiger partial charge in [-0.3, -0.25) is 0 Å². The van der Waals surface area contributed by atoms with E-state index in [2.05, 4.69) is 0 Å². The number of fused-ring (bicyclic) bond motifs is 2. The van der Waals surface area contributed by atoms with Crippen LogP contribution in [-0.4, -0.2) is 0 Å². The summed E-state index contributed by atoms with van der Waals surface area (Å²) in [6, 6.07) is 29.4. The van der Waals surface area contributed by atoms with E-state index in [9.17, 15) is 5.48 Å². The van der Waals surface area contributed by atoms with Gasteiger partial charge in [-0.25, -0.2) is 8.78 Å². The largest absolute Gasteiger partial charge is 0.306 e. The van der Waals surface area contributed by atoms with E-state index in [0.29, 0.717) is 65.2 Å². The molecule has 0 fully saturated rings. The van der Waals surface area contributed by atoms with E-state index in [0.717, 1.165) is 12.1 Å². The fourth-order valence-electron chi connectivity index (χ4n) is 10.6. The van der Waals surface area contributed by atoms with E-state index in [1.807, 2.05) is 60.7 Å². The van der Waals surface area contributed by atoms with E-state index < -0.39 is 155 Å². The molecule has 0 saturated heterocycles. The van der Waals surface area contributed by atoms with Crippen LogP contribution < -0.4 is 9.80 Å². The maximum Gasteiger partial charge on any atom is 0.148 e. The summed E-state index contributed by atoms with van der Waals surface area (Å²) in [5.41, 5.74) is -2.44. The molecule has 76 heavy (non-hydrogen) atoms. The Morgan fingerprint density at radius 1 is 0.276 bits per heavy atom. The topological polar surface area (TPSA) is 6.48 Å². The van der Waals surface area contributed by atoms with Gasteiger partial charge in [-0.05, 0) is 114 Å². The summed E-state index contributed by atoms with van der Waals surface area (Å²) in [5.74, 6) is -2.19. The normalized spacial score (nSPS) is 15.2. The Labute approximate surface area is 467 Å². The van der Waals surface area contributed by atoms with Gasteiger partial charge in [0.05, 0.1) is 61.5 Å². The minimum absolute atomic E-state index is 0.263. The highest BCUT2D eigenvalue weighted by Gasteiger charge is 2.30. The monoisotopic (exact) mass is 996 g/mol. The van der Waals surface area contributed by atoms with E-state index in [-0.39, 0.29) is 45.0 Å². The summed E-state index contributed by atoms with van der Waals surface area (Å²) in [6.45, 7) is 0. The highest BCUT2D eigenvalue weighted by atomic mass is 19.1. The fraction of sp³-hybridized carbons (Fsp3) is 0. The van der Waals surface area contributed by atoms with Crippen molar-refractivity contribution in [2.45, 2.75) is 0 Å². The van der Waals surface area contributed by atoms with Gasteiger partial charge in [0.15, 0.2) is 0 Å². The number of halogens is 2. The molecule has 0 unspecified atom stereocenters. The van der Waals surface area contributed by atoms with Crippen molar-refractivity contribution in [2.75, 3.05) is 9.80 Å². The molecular weight excluding hydrogens is 931 g/mol. The smallest absolute Gasteiger partial charge is 0.148 e. The van der Waals surface area contributed by atoms with Crippen LogP contribution in [-0.2, 0) is 0 Å². The van der Waals surface area contributed by atoms with Crippen molar-refractivity contribution in [1.29, 1.82) is 0 Å². The van der Waals surface area contributed by atoms with Crippen LogP contribution in [0.15, 0.2) is 279 Å². The molecule has 0 aliphatic rings. The second-order valence-electron chi connectivity index (χ2n) is 18.0. The van der Waals surface area contributed by atoms with E-state index >= 15 is 8.78 Å². The minimum Gasteiger partial charge on any atom is -0.306 e. The molecule has 0 aliphatic carbocycles. The molecule has 0 radical (unpaired) electrons. The molecule has 0 saturated carbocycles. The minimum atomic E-state index is -1.10. The average Bonchev–Trinajstić information content (AvgIpc) is 0.715. The summed E-state index contributed by atoms with van der Waals surface area (Å²) in [7, 11) is 0. The third-order valence-corrected chi connectivity index (χ3v) is 13.8. The predicted molar refractivity (Wildman–Crippen MR) is 316 cm³/mol. The first-order valence-electron chi connectivity index (χ1n) is 34.1. The molecule has 0 N–H and O–H groups in total. The Bertz CT molecular complexity index is 5610. The van der Waals surface area contributed by atoms with Crippen LogP contribution in [0.2, 0.25) is 0 Å². The Morgan fingerprint density at radius 2 is 0.658 bits per heavy atom. The first-order chi connectivity index (χ1) is 45.8. The van der Waals surface area contributed by atoms with Crippen molar-refractivity contribution < 1.29 is 36.2 Å². The zero-order chi connectivity index (χ0) is 68.1. The summed E-state index contributed by atoms with van der Waals surface area (Å²) in [5, 5.41) is 5.62. The number of rotatable bonds is 10. The zero-order valence-electron chi connectivity index (χ0n) is 59.7. The quantitative estimate of drug-likeness (QED) is 0.126. The Hall–Kier alpha value is -9.90. The predicted octanol–water partition coefficient (Wildman–Crippen LogP) is 20.8. The maximum atomic E-state index is 18.9. The molecule has 0 amide bonds. The summed E-state index contributed by atoms with van der Waals surface area (Å²) < 4.78 is 215. The lowest BCUT2D eigenvalue weighted by Crippen LogP contribution is -2.15. The Balaban J connectivity index is 1.12. The van der Waals surface area contributed by atoms with Crippen LogP contribution in [0.5, 0.6) is 0 Å². The summed E-state index contributed by atoms with van der Waals surface area (Å²) in [4.78, 5) is 3.14. The van der Waals surface area contributed by atoms with Crippen molar-refractivity contribution in [1.82, 2.24) is 0 Å². The number of benzene rings is 14. The van der Waals surface area contributed by atoms with Gasteiger partial charge < -0.3 is 9.80 Å². The van der Waals surface area contributed by atoms with Crippen LogP contribution >= 0.6 is 0 Å². The molecule has 0 heterocycles. The molecule has 4 heteroatoms. The van der Waals surface area contributed by atoms with Gasteiger partial charge in [0, 0.05) is 32.7 Å². The second-order valence-corrected chi connectivity index (χ2v) is 18.0. The molecule has 14 aromatic carbocycles. The lowest BCUT2D eigenvalue weighted by atomic mass is 9.90. The summed E-state index contributed by atoms with van der Waals surface area (Å²) in [6.07, 6.45) is 0. The van der Waals surface area contributed by atoms with Gasteiger partial charge in [0.2, 0.25) is 0 Å². The first kappa shape index (κ1) is 28.5. The lowest BCUT2D eigenvalue weighted by Gasteiger charge is -2.33. The molecule has 0 bridgehead atoms. The third-order valence-electron chi connectivity index (χ3n) is 13.8. The van der Waals surface area contributed by atoms with Gasteiger partial charge >= 0.3 is 0 Å². The molecule has 14 aromatic rings. The summed E-state index contributed by atoms with van der Waals surface area (Å²) >= 11 is 0. The molecule has 358 valence electrons. The van der Waals surface area contributed by atoms with Crippen LogP contribution in [0.3, 0.4) is 0 Å². The standard InChI is InChI=1S/C72H46F2N2/c73-63-44-55(47-20-5-1-6-21-47)42-61(51-24-9-3-10-25-51)71(63)75(65-36-18-30-49-28-13-15-33-57(49)65)67-41-39-54-46-68(59-35-17-32-53-38-40-60(67)70(54)69(53)59)76(66-37-19-31-50-29-14-16-34-58(50)66)72-62(52-26-11-4-12-27-52)43-56(45-64(72)74)48-22-7-2-8-23-48/h1-46H/i1D,2D,3D,4D,5D,6D,7D,8D,9D,10D,11D,12D,20D,21D,22D,23D,24D,25D,26D,27D. The fourth-order valence-corrected chi connectivity index (χ4v) is 10.6. The molecule has 0 aliphatic heterocycles. The number of hydrogen-bond donors (Lipinski definition) is 0. The van der Waals surface area contributed by atoms with Crippen molar-refractivity contribution in [3.05, 3.63) is 290 Å². The highest BCUT2D eigenvalue weighted by Crippen LogP contribution is 2.54. The Kier molecular flexibility index (Phi) is 6.96. The molecule has 0 atom stereocenters. The SMILES string of the molecule is [2H]c1c([2H])c([2H])c(-c2cc(F)c(N(c3cccc4ccccc34)c3cc4ccc(N(c5c(F)cc(-c6c([2H])c([2H])c([2H])c([2H])c6[2H])cc5-c5c([2H])c([2H])c([2H])c([2H])c5[2H])c5cccc6ccccc56)c5ccc6cccc3c6c45)c(-c3c([2H])c([2H])c([2H])c([2H])c3[2H])c2)c([2H])c1[2H]. The van der Waals surface area contributed by atoms with Gasteiger partial charge in [-0.15, -0.1) is 0 Å². The number of anilines is 6. The lowest BCUT2D eigenvalue weighted by molar-refractivity contribution is 0.629. The zero-order valence-corrected chi connectivity index (χ0v) is 39.7. The van der Waals surface area contributed by atoms with Crippen molar-refractivity contribution in [2.24, 2.45) is 0 Å². The van der Waals surface area contributed by atoms with E-state index in [4.69, 9.17) is 21.9 Å². The van der Waals surface area contributed by atoms with Crippen LogP contribution in [0, 0.1) is 11.6 Å². The van der Waals surface area contributed by atoms with Gasteiger partial charge in [-0.1, -0.05) is 230 Å². The van der Waals surface area contributed by atoms with E-state index in [1.165, 1.54) is 12.1 Å². The molecule has 2 nitrogen and oxygen atoms in total. The van der Waals surface area contributed by atoms with Crippen LogP contribution in [0.1, 0.15) is 27.4 Å². The van der Waals surface area contributed by atoms with Crippen LogP contribution in [0.25, 0.3) is 98.4 Å². The number of hydrogen-bond acceptors (Lipinski definition) is 2. The van der Waals surface area contributed by atoms with Crippen molar-refractivity contribution in [3.63, 3.8) is 0 Å².